The molecule has 0 aliphatic carbocycles. The topological polar surface area (TPSA) is 43.1 Å². The summed E-state index contributed by atoms with van der Waals surface area (Å²) in [5, 5.41) is 0. The number of hydrogen-bond acceptors (Lipinski definition) is 1. The van der Waals surface area contributed by atoms with Crippen molar-refractivity contribution in [3.8, 4) is 0 Å². The van der Waals surface area contributed by atoms with Gasteiger partial charge in [-0.05, 0) is 27.1 Å². The predicted octanol–water partition coefficient (Wildman–Crippen LogP) is 2.57. The fourth-order valence-electron chi connectivity index (χ4n) is 0.889. The summed E-state index contributed by atoms with van der Waals surface area (Å²) in [4.78, 5) is 10.3. The fraction of sp³-hybridized carbons (Fsp3) is 0.875. The Balaban J connectivity index is 2.97. The molecular weight excluding hydrogens is 157 g/mol. The molecule has 0 aromatic heterocycles. The molecule has 1 atom stereocenters. The average molecular weight is 175 g/mol. The normalized spacial score (nSPS) is 11.5. The van der Waals surface area contributed by atoms with Gasteiger partial charge >= 0.3 is 0 Å². The minimum atomic E-state index is -0.144. The van der Waals surface area contributed by atoms with E-state index >= 15 is 0 Å². The molecule has 0 aliphatic rings. The summed E-state index contributed by atoms with van der Waals surface area (Å²) in [6.07, 6.45) is 4.64. The van der Waals surface area contributed by atoms with Gasteiger partial charge in [-0.2, -0.15) is 0 Å². The summed E-state index contributed by atoms with van der Waals surface area (Å²) in [5.41, 5.74) is 4.86. The first kappa shape index (κ1) is 10.9. The number of nitrogens with two attached hydrogens (primary N) is 1. The van der Waals surface area contributed by atoms with Gasteiger partial charge in [-0.3, -0.25) is 4.79 Å². The Kier molecular flexibility index (Phi) is 6.54. The molecule has 3 heteroatoms. The molecular formula is C8H18NOP. The second kappa shape index (κ2) is 6.60. The van der Waals surface area contributed by atoms with Gasteiger partial charge in [0.1, 0.15) is 0 Å². The highest BCUT2D eigenvalue weighted by molar-refractivity contribution is 7.57. The second-order valence-electron chi connectivity index (χ2n) is 3.18. The van der Waals surface area contributed by atoms with Gasteiger partial charge in [0.25, 0.3) is 0 Å². The van der Waals surface area contributed by atoms with Crippen molar-refractivity contribution in [2.24, 2.45) is 11.7 Å². The van der Waals surface area contributed by atoms with Crippen molar-refractivity contribution in [2.45, 2.75) is 33.1 Å². The third kappa shape index (κ3) is 9.90. The minimum Gasteiger partial charge on any atom is -0.366 e. The third-order valence-electron chi connectivity index (χ3n) is 1.51. The monoisotopic (exact) mass is 175 g/mol. The Morgan fingerprint density at radius 3 is 2.55 bits per heavy atom. The molecule has 0 fully saturated rings. The van der Waals surface area contributed by atoms with E-state index in [4.69, 9.17) is 5.73 Å². The molecule has 1 amide bonds. The molecule has 0 rings (SSSR count). The lowest BCUT2D eigenvalue weighted by Gasteiger charge is -2.02. The maximum Gasteiger partial charge on any atom is 0.235 e. The molecule has 1 unspecified atom stereocenters. The van der Waals surface area contributed by atoms with E-state index in [0.29, 0.717) is 8.58 Å². The van der Waals surface area contributed by atoms with E-state index in [-0.39, 0.29) is 5.65 Å². The summed E-state index contributed by atoms with van der Waals surface area (Å²) in [6, 6.07) is 0. The van der Waals surface area contributed by atoms with Crippen LogP contribution in [0.2, 0.25) is 0 Å². The minimum absolute atomic E-state index is 0.144. The fourth-order valence-corrected chi connectivity index (χ4v) is 1.56. The molecule has 0 aromatic rings. The lowest BCUT2D eigenvalue weighted by molar-refractivity contribution is 0.267. The van der Waals surface area contributed by atoms with Gasteiger partial charge in [-0.1, -0.05) is 26.7 Å². The number of amides is 1. The van der Waals surface area contributed by atoms with Crippen molar-refractivity contribution in [1.82, 2.24) is 0 Å². The zero-order valence-electron chi connectivity index (χ0n) is 7.39. The molecule has 0 spiro atoms. The largest absolute Gasteiger partial charge is 0.366 e. The summed E-state index contributed by atoms with van der Waals surface area (Å²) in [5.74, 6) is 0.784. The first-order valence-electron chi connectivity index (χ1n) is 4.16. The molecule has 0 saturated heterocycles. The van der Waals surface area contributed by atoms with Crippen LogP contribution in [0.4, 0.5) is 4.79 Å². The highest BCUT2D eigenvalue weighted by Crippen LogP contribution is 2.14. The predicted molar refractivity (Wildman–Crippen MR) is 51.5 cm³/mol. The first-order valence-corrected chi connectivity index (χ1v) is 5.37. The summed E-state index contributed by atoms with van der Waals surface area (Å²) < 4.78 is 0. The van der Waals surface area contributed by atoms with Gasteiger partial charge in [-0.15, -0.1) is 0 Å². The van der Waals surface area contributed by atoms with Crippen LogP contribution in [-0.2, 0) is 0 Å². The standard InChI is InChI=1S/C8H18NOP/c1-7(2)5-3-4-6-11-8(9)10/h7,11H,3-6H2,1-2H3,(H2,9,10). The summed E-state index contributed by atoms with van der Waals surface area (Å²) in [6.45, 7) is 4.44. The van der Waals surface area contributed by atoms with E-state index in [1.807, 2.05) is 0 Å². The van der Waals surface area contributed by atoms with Gasteiger partial charge in [0.2, 0.25) is 5.65 Å². The van der Waals surface area contributed by atoms with Crippen LogP contribution in [0.5, 0.6) is 0 Å². The zero-order chi connectivity index (χ0) is 8.69. The van der Waals surface area contributed by atoms with Crippen LogP contribution in [0.25, 0.3) is 0 Å². The van der Waals surface area contributed by atoms with Crippen LogP contribution in [0, 0.1) is 5.92 Å². The first-order chi connectivity index (χ1) is 5.13. The van der Waals surface area contributed by atoms with E-state index in [0.717, 1.165) is 18.5 Å². The maximum atomic E-state index is 10.3. The van der Waals surface area contributed by atoms with Gasteiger partial charge in [0, 0.05) is 0 Å². The van der Waals surface area contributed by atoms with Crippen LogP contribution >= 0.6 is 8.58 Å². The van der Waals surface area contributed by atoms with Gasteiger partial charge in [-0.25, -0.2) is 0 Å². The van der Waals surface area contributed by atoms with Crippen LogP contribution in [-0.4, -0.2) is 11.8 Å². The van der Waals surface area contributed by atoms with Crippen molar-refractivity contribution < 1.29 is 4.79 Å². The lowest BCUT2D eigenvalue weighted by Crippen LogP contribution is -2.01. The number of carbonyl (C=O) groups is 1. The van der Waals surface area contributed by atoms with Gasteiger partial charge in [0.15, 0.2) is 0 Å². The van der Waals surface area contributed by atoms with E-state index in [2.05, 4.69) is 13.8 Å². The lowest BCUT2D eigenvalue weighted by atomic mass is 10.1. The van der Waals surface area contributed by atoms with Crippen molar-refractivity contribution in [1.29, 1.82) is 0 Å². The number of primary amides is 1. The quantitative estimate of drug-likeness (QED) is 0.489. The number of hydrogen-bond donors (Lipinski definition) is 1. The summed E-state index contributed by atoms with van der Waals surface area (Å²) in [7, 11) is 0.331. The Bertz CT molecular complexity index is 115. The van der Waals surface area contributed by atoms with E-state index < -0.39 is 0 Å². The summed E-state index contributed by atoms with van der Waals surface area (Å²) >= 11 is 0. The van der Waals surface area contributed by atoms with Gasteiger partial charge < -0.3 is 5.73 Å². The van der Waals surface area contributed by atoms with Crippen molar-refractivity contribution in [3.63, 3.8) is 0 Å². The molecule has 66 valence electrons. The van der Waals surface area contributed by atoms with Crippen molar-refractivity contribution >= 4 is 14.2 Å². The molecule has 0 aliphatic heterocycles. The number of carbonyl (C=O) groups excluding carboxylic acids is 1. The molecule has 0 heterocycles. The Morgan fingerprint density at radius 1 is 1.45 bits per heavy atom. The van der Waals surface area contributed by atoms with E-state index in [1.165, 1.54) is 12.8 Å². The molecule has 0 aromatic carbocycles. The van der Waals surface area contributed by atoms with Gasteiger partial charge in [0.05, 0.1) is 0 Å². The molecule has 0 saturated carbocycles. The van der Waals surface area contributed by atoms with E-state index in [1.54, 1.807) is 0 Å². The average Bonchev–Trinajstić information content (AvgIpc) is 1.85. The Hall–Kier alpha value is -0.100. The molecule has 2 N–H and O–H groups in total. The highest BCUT2D eigenvalue weighted by Gasteiger charge is 1.95. The van der Waals surface area contributed by atoms with Crippen LogP contribution < -0.4 is 5.73 Å². The third-order valence-corrected chi connectivity index (χ3v) is 2.46. The smallest absolute Gasteiger partial charge is 0.235 e. The second-order valence-corrected chi connectivity index (χ2v) is 4.53. The highest BCUT2D eigenvalue weighted by atomic mass is 31.1. The van der Waals surface area contributed by atoms with Crippen molar-refractivity contribution in [3.05, 3.63) is 0 Å². The van der Waals surface area contributed by atoms with Crippen molar-refractivity contribution in [2.75, 3.05) is 6.16 Å². The molecule has 0 radical (unpaired) electrons. The maximum absolute atomic E-state index is 10.3. The molecule has 0 bridgehead atoms. The SMILES string of the molecule is CC(C)CCCCPC(N)=O. The molecule has 2 nitrogen and oxygen atoms in total. The van der Waals surface area contributed by atoms with Crippen LogP contribution in [0.15, 0.2) is 0 Å². The zero-order valence-corrected chi connectivity index (χ0v) is 8.39. The number of rotatable bonds is 6. The van der Waals surface area contributed by atoms with Crippen LogP contribution in [0.1, 0.15) is 33.1 Å². The molecule has 11 heavy (non-hydrogen) atoms. The van der Waals surface area contributed by atoms with Crippen LogP contribution in [0.3, 0.4) is 0 Å². The van der Waals surface area contributed by atoms with E-state index in [9.17, 15) is 4.79 Å². The Morgan fingerprint density at radius 2 is 2.09 bits per heavy atom. The Labute approximate surface area is 70.7 Å². The number of unbranched alkanes of at least 4 members (excludes halogenated alkanes) is 1.